The van der Waals surface area contributed by atoms with Crippen LogP contribution < -0.4 is 14.8 Å². The van der Waals surface area contributed by atoms with Gasteiger partial charge in [0, 0.05) is 13.2 Å². The van der Waals surface area contributed by atoms with Crippen molar-refractivity contribution in [1.29, 1.82) is 0 Å². The van der Waals surface area contributed by atoms with Crippen LogP contribution in [0.15, 0.2) is 48.5 Å². The Balaban J connectivity index is 1.63. The summed E-state index contributed by atoms with van der Waals surface area (Å²) in [4.78, 5) is 14.9. The number of benzene rings is 2. The molecule has 1 saturated heterocycles. The second-order valence-corrected chi connectivity index (χ2v) is 7.40. The summed E-state index contributed by atoms with van der Waals surface area (Å²) in [6.07, 6.45) is 2.17. The fourth-order valence-electron chi connectivity index (χ4n) is 3.45. The first-order chi connectivity index (χ1) is 14.1. The van der Waals surface area contributed by atoms with Crippen molar-refractivity contribution in [3.63, 3.8) is 0 Å². The van der Waals surface area contributed by atoms with E-state index in [9.17, 15) is 4.79 Å². The third kappa shape index (κ3) is 5.71. The minimum Gasteiger partial charge on any atom is -0.497 e. The van der Waals surface area contributed by atoms with Crippen LogP contribution in [-0.4, -0.2) is 57.9 Å². The summed E-state index contributed by atoms with van der Waals surface area (Å²) >= 11 is 0. The maximum Gasteiger partial charge on any atom is 0.255 e. The van der Waals surface area contributed by atoms with Crippen molar-refractivity contribution in [2.24, 2.45) is 0 Å². The zero-order valence-corrected chi connectivity index (χ0v) is 17.4. The fourth-order valence-corrected chi connectivity index (χ4v) is 3.45. The number of ether oxygens (including phenoxy) is 3. The molecule has 2 unspecified atom stereocenters. The van der Waals surface area contributed by atoms with Gasteiger partial charge in [-0.1, -0.05) is 24.3 Å². The van der Waals surface area contributed by atoms with Gasteiger partial charge in [-0.15, -0.1) is 0 Å². The first kappa shape index (κ1) is 21.1. The largest absolute Gasteiger partial charge is 0.497 e. The smallest absolute Gasteiger partial charge is 0.255 e. The van der Waals surface area contributed by atoms with Gasteiger partial charge in [-0.25, -0.2) is 0 Å². The van der Waals surface area contributed by atoms with E-state index >= 15 is 0 Å². The second-order valence-electron chi connectivity index (χ2n) is 7.40. The molecule has 1 heterocycles. The van der Waals surface area contributed by atoms with Gasteiger partial charge in [0.25, 0.3) is 5.91 Å². The van der Waals surface area contributed by atoms with E-state index in [1.165, 1.54) is 0 Å². The molecule has 0 aromatic heterocycles. The highest BCUT2D eigenvalue weighted by molar-refractivity contribution is 5.96. The lowest BCUT2D eigenvalue weighted by atomic mass is 10.1. The Labute approximate surface area is 172 Å². The van der Waals surface area contributed by atoms with Gasteiger partial charge in [-0.3, -0.25) is 4.79 Å². The van der Waals surface area contributed by atoms with Gasteiger partial charge in [0.15, 0.2) is 0 Å². The first-order valence-electron chi connectivity index (χ1n) is 10.0. The molecule has 0 radical (unpaired) electrons. The number of amides is 1. The van der Waals surface area contributed by atoms with Crippen LogP contribution >= 0.6 is 0 Å². The Bertz CT molecular complexity index is 786. The predicted molar refractivity (Wildman–Crippen MR) is 113 cm³/mol. The van der Waals surface area contributed by atoms with Crippen molar-refractivity contribution in [3.05, 3.63) is 59.7 Å². The number of nitrogens with one attached hydrogen (secondary N) is 1. The Morgan fingerprint density at radius 3 is 2.62 bits per heavy atom. The van der Waals surface area contributed by atoms with Crippen LogP contribution in [0.1, 0.15) is 34.8 Å². The summed E-state index contributed by atoms with van der Waals surface area (Å²) in [6.45, 7) is 1.74. The molecule has 29 heavy (non-hydrogen) atoms. The number of methoxy groups -OCH3 is 1. The highest BCUT2D eigenvalue weighted by Crippen LogP contribution is 2.23. The molecule has 0 spiro atoms. The van der Waals surface area contributed by atoms with Crippen LogP contribution in [0.5, 0.6) is 11.5 Å². The fraction of sp³-hybridized carbons (Fsp3) is 0.435. The summed E-state index contributed by atoms with van der Waals surface area (Å²) in [5.74, 6) is 1.26. The van der Waals surface area contributed by atoms with Crippen LogP contribution in [0.25, 0.3) is 0 Å². The molecule has 2 atom stereocenters. The third-order valence-electron chi connectivity index (χ3n) is 5.16. The van der Waals surface area contributed by atoms with Crippen molar-refractivity contribution < 1.29 is 19.0 Å². The third-order valence-corrected chi connectivity index (χ3v) is 5.16. The number of rotatable bonds is 9. The minimum absolute atomic E-state index is 0.0461. The van der Waals surface area contributed by atoms with E-state index < -0.39 is 0 Å². The Morgan fingerprint density at radius 2 is 1.97 bits per heavy atom. The molecule has 6 heteroatoms. The van der Waals surface area contributed by atoms with Crippen LogP contribution in [0.3, 0.4) is 0 Å². The molecule has 0 bridgehead atoms. The molecular weight excluding hydrogens is 368 g/mol. The van der Waals surface area contributed by atoms with Crippen molar-refractivity contribution >= 4 is 5.91 Å². The number of carbonyl (C=O) groups excluding carboxylic acids is 1. The number of carbonyl (C=O) groups is 1. The summed E-state index contributed by atoms with van der Waals surface area (Å²) < 4.78 is 16.7. The average molecular weight is 399 g/mol. The average Bonchev–Trinajstić information content (AvgIpc) is 3.26. The maximum absolute atomic E-state index is 12.9. The van der Waals surface area contributed by atoms with Crippen LogP contribution in [-0.2, 0) is 4.74 Å². The van der Waals surface area contributed by atoms with Gasteiger partial charge in [-0.05, 0) is 56.8 Å². The molecule has 1 amide bonds. The number of nitrogens with zero attached hydrogens (tertiary/aromatic N) is 1. The molecule has 0 aliphatic carbocycles. The molecular formula is C23H30N2O4. The van der Waals surface area contributed by atoms with Gasteiger partial charge in [0.2, 0.25) is 0 Å². The van der Waals surface area contributed by atoms with E-state index in [4.69, 9.17) is 14.2 Å². The molecule has 2 aromatic carbocycles. The topological polar surface area (TPSA) is 60.0 Å². The molecule has 1 N–H and O–H groups in total. The minimum atomic E-state index is -0.145. The van der Waals surface area contributed by atoms with Crippen molar-refractivity contribution in [2.45, 2.75) is 25.0 Å². The van der Waals surface area contributed by atoms with Gasteiger partial charge < -0.3 is 24.4 Å². The molecule has 1 aliphatic rings. The lowest BCUT2D eigenvalue weighted by Gasteiger charge is -2.25. The van der Waals surface area contributed by atoms with E-state index in [1.54, 1.807) is 13.2 Å². The quantitative estimate of drug-likeness (QED) is 0.702. The summed E-state index contributed by atoms with van der Waals surface area (Å²) in [5.41, 5.74) is 1.65. The number of hydrogen-bond acceptors (Lipinski definition) is 5. The maximum atomic E-state index is 12.9. The lowest BCUT2D eigenvalue weighted by Crippen LogP contribution is -2.34. The van der Waals surface area contributed by atoms with E-state index in [1.807, 2.05) is 56.6 Å². The standard InChI is InChI=1S/C23H30N2O4/c1-25(2)21(17-10-12-18(27-3)13-11-17)15-24-23(26)20-8-4-5-9-22(20)29-16-19-7-6-14-28-19/h4-5,8-13,19,21H,6-7,14-16H2,1-3H3,(H,24,26). The van der Waals surface area contributed by atoms with Gasteiger partial charge in [0.05, 0.1) is 24.8 Å². The van der Waals surface area contributed by atoms with Crippen LogP contribution in [0.2, 0.25) is 0 Å². The Kier molecular flexibility index (Phi) is 7.49. The van der Waals surface area contributed by atoms with Crippen LogP contribution in [0.4, 0.5) is 0 Å². The Hall–Kier alpha value is -2.57. The molecule has 6 nitrogen and oxygen atoms in total. The molecule has 2 aromatic rings. The first-order valence-corrected chi connectivity index (χ1v) is 10.0. The van der Waals surface area contributed by atoms with E-state index in [0.29, 0.717) is 24.5 Å². The van der Waals surface area contributed by atoms with Crippen LogP contribution in [0, 0.1) is 0 Å². The number of hydrogen-bond donors (Lipinski definition) is 1. The van der Waals surface area contributed by atoms with Crippen molar-refractivity contribution in [1.82, 2.24) is 10.2 Å². The SMILES string of the molecule is COc1ccc(C(CNC(=O)c2ccccc2OCC2CCCO2)N(C)C)cc1. The van der Waals surface area contributed by atoms with E-state index in [2.05, 4.69) is 10.2 Å². The summed E-state index contributed by atoms with van der Waals surface area (Å²) in [6, 6.07) is 15.3. The normalized spacial score (nSPS) is 17.2. The highest BCUT2D eigenvalue weighted by atomic mass is 16.5. The highest BCUT2D eigenvalue weighted by Gasteiger charge is 2.20. The van der Waals surface area contributed by atoms with E-state index in [-0.39, 0.29) is 18.1 Å². The van der Waals surface area contributed by atoms with Crippen molar-refractivity contribution in [2.75, 3.05) is 41.0 Å². The molecule has 1 fully saturated rings. The zero-order valence-electron chi connectivity index (χ0n) is 17.4. The predicted octanol–water partition coefficient (Wildman–Crippen LogP) is 3.29. The second kappa shape index (κ2) is 10.3. The number of likely N-dealkylation sites (N-methyl/N-ethyl adjacent to an activating group) is 1. The monoisotopic (exact) mass is 398 g/mol. The van der Waals surface area contributed by atoms with E-state index in [0.717, 1.165) is 30.8 Å². The summed E-state index contributed by atoms with van der Waals surface area (Å²) in [5, 5.41) is 3.05. The zero-order chi connectivity index (χ0) is 20.6. The molecule has 3 rings (SSSR count). The van der Waals surface area contributed by atoms with Gasteiger partial charge >= 0.3 is 0 Å². The molecule has 156 valence electrons. The lowest BCUT2D eigenvalue weighted by molar-refractivity contribution is 0.0670. The summed E-state index contributed by atoms with van der Waals surface area (Å²) in [7, 11) is 5.65. The Morgan fingerprint density at radius 1 is 1.21 bits per heavy atom. The van der Waals surface area contributed by atoms with Crippen molar-refractivity contribution in [3.8, 4) is 11.5 Å². The number of para-hydroxylation sites is 1. The molecule has 0 saturated carbocycles. The van der Waals surface area contributed by atoms with Gasteiger partial charge in [0.1, 0.15) is 18.1 Å². The molecule has 1 aliphatic heterocycles. The van der Waals surface area contributed by atoms with Gasteiger partial charge in [-0.2, -0.15) is 0 Å².